The van der Waals surface area contributed by atoms with Gasteiger partial charge >= 0.3 is 0 Å². The van der Waals surface area contributed by atoms with Gasteiger partial charge in [0.05, 0.1) is 5.69 Å². The van der Waals surface area contributed by atoms with Crippen LogP contribution in [0.5, 0.6) is 0 Å². The Labute approximate surface area is 111 Å². The predicted molar refractivity (Wildman–Crippen MR) is 78.0 cm³/mol. The van der Waals surface area contributed by atoms with E-state index in [2.05, 4.69) is 39.8 Å². The standard InChI is InChI=1S/C14H17N3S/c1-3-11(14-6-7-15-17-14)9-12(4-1)16-13-5-2-8-18-10-13/h1,3-4,6-7,9,13,16H,2,5,8,10H2,(H,15,17). The zero-order valence-corrected chi connectivity index (χ0v) is 11.0. The van der Waals surface area contributed by atoms with Gasteiger partial charge in [-0.25, -0.2) is 0 Å². The van der Waals surface area contributed by atoms with Crippen LogP contribution in [0.25, 0.3) is 11.3 Å². The fourth-order valence-electron chi connectivity index (χ4n) is 2.28. The van der Waals surface area contributed by atoms with Gasteiger partial charge in [-0.05, 0) is 36.8 Å². The lowest BCUT2D eigenvalue weighted by atomic mass is 10.1. The summed E-state index contributed by atoms with van der Waals surface area (Å²) in [5, 5.41) is 10.6. The number of hydrogen-bond donors (Lipinski definition) is 2. The van der Waals surface area contributed by atoms with E-state index in [1.54, 1.807) is 6.20 Å². The number of anilines is 1. The summed E-state index contributed by atoms with van der Waals surface area (Å²) in [6.07, 6.45) is 4.39. The normalized spacial score (nSPS) is 19.7. The number of aromatic amines is 1. The van der Waals surface area contributed by atoms with Crippen molar-refractivity contribution in [2.75, 3.05) is 16.8 Å². The average Bonchev–Trinajstić information content (AvgIpc) is 2.94. The Morgan fingerprint density at radius 2 is 2.33 bits per heavy atom. The number of nitrogens with zero attached hydrogens (tertiary/aromatic N) is 1. The summed E-state index contributed by atoms with van der Waals surface area (Å²) in [6, 6.07) is 11.1. The Morgan fingerprint density at radius 3 is 3.11 bits per heavy atom. The Kier molecular flexibility index (Phi) is 3.55. The molecule has 18 heavy (non-hydrogen) atoms. The van der Waals surface area contributed by atoms with Crippen LogP contribution < -0.4 is 5.32 Å². The Hall–Kier alpha value is -1.42. The molecule has 94 valence electrons. The van der Waals surface area contributed by atoms with Gasteiger partial charge in [-0.15, -0.1) is 0 Å². The molecule has 1 saturated heterocycles. The van der Waals surface area contributed by atoms with Crippen LogP contribution in [0.15, 0.2) is 36.5 Å². The van der Waals surface area contributed by atoms with Crippen molar-refractivity contribution in [3.63, 3.8) is 0 Å². The highest BCUT2D eigenvalue weighted by molar-refractivity contribution is 7.99. The molecule has 4 heteroatoms. The Bertz CT molecular complexity index is 490. The van der Waals surface area contributed by atoms with Crippen molar-refractivity contribution < 1.29 is 0 Å². The number of aromatic nitrogens is 2. The summed E-state index contributed by atoms with van der Waals surface area (Å²) in [5.41, 5.74) is 3.45. The van der Waals surface area contributed by atoms with Gasteiger partial charge < -0.3 is 5.32 Å². The molecule has 2 N–H and O–H groups in total. The fraction of sp³-hybridized carbons (Fsp3) is 0.357. The molecular weight excluding hydrogens is 242 g/mol. The number of hydrogen-bond acceptors (Lipinski definition) is 3. The van der Waals surface area contributed by atoms with Gasteiger partial charge in [0.2, 0.25) is 0 Å². The summed E-state index contributed by atoms with van der Waals surface area (Å²) in [7, 11) is 0. The lowest BCUT2D eigenvalue weighted by Crippen LogP contribution is -2.25. The zero-order chi connectivity index (χ0) is 12.2. The van der Waals surface area contributed by atoms with Crippen LogP contribution in [0.1, 0.15) is 12.8 Å². The van der Waals surface area contributed by atoms with Crippen LogP contribution in [0.4, 0.5) is 5.69 Å². The minimum Gasteiger partial charge on any atom is -0.381 e. The first kappa shape index (κ1) is 11.7. The van der Waals surface area contributed by atoms with Crippen molar-refractivity contribution in [1.29, 1.82) is 0 Å². The van der Waals surface area contributed by atoms with Gasteiger partial charge in [0.1, 0.15) is 0 Å². The van der Waals surface area contributed by atoms with E-state index in [0.29, 0.717) is 6.04 Å². The quantitative estimate of drug-likeness (QED) is 0.887. The van der Waals surface area contributed by atoms with E-state index in [1.807, 2.05) is 17.8 Å². The number of H-pyrrole nitrogens is 1. The molecule has 0 amide bonds. The maximum Gasteiger partial charge on any atom is 0.0650 e. The third-order valence-electron chi connectivity index (χ3n) is 3.21. The molecule has 0 bridgehead atoms. The van der Waals surface area contributed by atoms with Crippen LogP contribution in [0.2, 0.25) is 0 Å². The second kappa shape index (κ2) is 5.48. The molecule has 1 fully saturated rings. The first-order valence-corrected chi connectivity index (χ1v) is 7.51. The number of nitrogens with one attached hydrogen (secondary N) is 2. The maximum atomic E-state index is 4.00. The van der Waals surface area contributed by atoms with E-state index in [-0.39, 0.29) is 0 Å². The monoisotopic (exact) mass is 259 g/mol. The summed E-state index contributed by atoms with van der Waals surface area (Å²) in [5.74, 6) is 2.53. The summed E-state index contributed by atoms with van der Waals surface area (Å²) in [6.45, 7) is 0. The average molecular weight is 259 g/mol. The number of rotatable bonds is 3. The Morgan fingerprint density at radius 1 is 1.33 bits per heavy atom. The third-order valence-corrected chi connectivity index (χ3v) is 4.42. The van der Waals surface area contributed by atoms with E-state index in [9.17, 15) is 0 Å². The molecule has 0 saturated carbocycles. The van der Waals surface area contributed by atoms with E-state index >= 15 is 0 Å². The van der Waals surface area contributed by atoms with Crippen molar-refractivity contribution in [1.82, 2.24) is 10.2 Å². The van der Waals surface area contributed by atoms with E-state index in [4.69, 9.17) is 0 Å². The zero-order valence-electron chi connectivity index (χ0n) is 10.2. The van der Waals surface area contributed by atoms with Crippen LogP contribution in [0.3, 0.4) is 0 Å². The van der Waals surface area contributed by atoms with Gasteiger partial charge in [-0.1, -0.05) is 12.1 Å². The van der Waals surface area contributed by atoms with Crippen molar-refractivity contribution in [2.24, 2.45) is 0 Å². The molecular formula is C14H17N3S. The molecule has 1 aliphatic heterocycles. The highest BCUT2D eigenvalue weighted by Crippen LogP contribution is 2.24. The number of benzene rings is 1. The van der Waals surface area contributed by atoms with E-state index in [0.717, 1.165) is 5.69 Å². The highest BCUT2D eigenvalue weighted by Gasteiger charge is 2.13. The van der Waals surface area contributed by atoms with Crippen molar-refractivity contribution in [3.05, 3.63) is 36.5 Å². The first-order valence-electron chi connectivity index (χ1n) is 6.36. The third kappa shape index (κ3) is 2.70. The van der Waals surface area contributed by atoms with Crippen molar-refractivity contribution in [2.45, 2.75) is 18.9 Å². The summed E-state index contributed by atoms with van der Waals surface area (Å²) < 4.78 is 0. The van der Waals surface area contributed by atoms with Gasteiger partial charge in [-0.3, -0.25) is 5.10 Å². The van der Waals surface area contributed by atoms with E-state index in [1.165, 1.54) is 35.6 Å². The fourth-order valence-corrected chi connectivity index (χ4v) is 3.36. The molecule has 3 nitrogen and oxygen atoms in total. The predicted octanol–water partition coefficient (Wildman–Crippen LogP) is 3.38. The van der Waals surface area contributed by atoms with Gasteiger partial charge in [-0.2, -0.15) is 16.9 Å². The molecule has 1 aliphatic rings. The highest BCUT2D eigenvalue weighted by atomic mass is 32.2. The van der Waals surface area contributed by atoms with E-state index < -0.39 is 0 Å². The van der Waals surface area contributed by atoms with Crippen molar-refractivity contribution >= 4 is 17.4 Å². The SMILES string of the molecule is c1cc(NC2CCCSC2)cc(-c2ccn[nH]2)c1. The van der Waals surface area contributed by atoms with Gasteiger partial charge in [0.15, 0.2) is 0 Å². The minimum absolute atomic E-state index is 0.612. The second-order valence-corrected chi connectivity index (χ2v) is 5.76. The first-order chi connectivity index (χ1) is 8.92. The Balaban J connectivity index is 1.74. The lowest BCUT2D eigenvalue weighted by Gasteiger charge is -2.23. The molecule has 1 unspecified atom stereocenters. The second-order valence-electron chi connectivity index (χ2n) is 4.61. The smallest absolute Gasteiger partial charge is 0.0650 e. The van der Waals surface area contributed by atoms with Crippen LogP contribution >= 0.6 is 11.8 Å². The summed E-state index contributed by atoms with van der Waals surface area (Å²) >= 11 is 2.05. The molecule has 1 atom stereocenters. The molecule has 2 aromatic rings. The van der Waals surface area contributed by atoms with Crippen molar-refractivity contribution in [3.8, 4) is 11.3 Å². The molecule has 1 aromatic heterocycles. The molecule has 0 aliphatic carbocycles. The molecule has 1 aromatic carbocycles. The van der Waals surface area contributed by atoms with Gasteiger partial charge in [0, 0.05) is 29.2 Å². The van der Waals surface area contributed by atoms with Gasteiger partial charge in [0.25, 0.3) is 0 Å². The molecule has 3 rings (SSSR count). The molecule has 0 spiro atoms. The van der Waals surface area contributed by atoms with Crippen LogP contribution in [0, 0.1) is 0 Å². The topological polar surface area (TPSA) is 40.7 Å². The lowest BCUT2D eigenvalue weighted by molar-refractivity contribution is 0.685. The van der Waals surface area contributed by atoms with Crippen LogP contribution in [-0.2, 0) is 0 Å². The molecule has 2 heterocycles. The maximum absolute atomic E-state index is 4.00. The van der Waals surface area contributed by atoms with Crippen LogP contribution in [-0.4, -0.2) is 27.7 Å². The minimum atomic E-state index is 0.612. The number of thioether (sulfide) groups is 1. The largest absolute Gasteiger partial charge is 0.381 e. The molecule has 0 radical (unpaired) electrons. The summed E-state index contributed by atoms with van der Waals surface area (Å²) in [4.78, 5) is 0.